The predicted octanol–water partition coefficient (Wildman–Crippen LogP) is 1.45. The van der Waals surface area contributed by atoms with Crippen molar-refractivity contribution < 1.29 is 9.53 Å². The van der Waals surface area contributed by atoms with Gasteiger partial charge in [-0.2, -0.15) is 0 Å². The van der Waals surface area contributed by atoms with E-state index >= 15 is 0 Å². The van der Waals surface area contributed by atoms with Crippen molar-refractivity contribution >= 4 is 11.6 Å². The first-order valence-corrected chi connectivity index (χ1v) is 8.53. The van der Waals surface area contributed by atoms with Gasteiger partial charge in [0, 0.05) is 37.5 Å². The summed E-state index contributed by atoms with van der Waals surface area (Å²) in [4.78, 5) is 29.1. The molecule has 3 aromatic rings. The van der Waals surface area contributed by atoms with Gasteiger partial charge in [0.2, 0.25) is 5.43 Å². The van der Waals surface area contributed by atoms with Gasteiger partial charge in [0.15, 0.2) is 11.4 Å². The lowest BCUT2D eigenvalue weighted by atomic mass is 9.95. The number of methoxy groups -OCH3 is 1. The highest BCUT2D eigenvalue weighted by molar-refractivity contribution is 5.92. The van der Waals surface area contributed by atoms with Gasteiger partial charge in [-0.05, 0) is 25.0 Å². The molecule has 8 heteroatoms. The third-order valence-corrected chi connectivity index (χ3v) is 4.81. The van der Waals surface area contributed by atoms with Gasteiger partial charge in [0.1, 0.15) is 11.5 Å². The van der Waals surface area contributed by atoms with Gasteiger partial charge in [0.25, 0.3) is 5.91 Å². The summed E-state index contributed by atoms with van der Waals surface area (Å²) >= 11 is 0. The molecule has 1 amide bonds. The summed E-state index contributed by atoms with van der Waals surface area (Å²) in [5.74, 6) is 1.21. The second-order valence-electron chi connectivity index (χ2n) is 6.33. The minimum absolute atomic E-state index is 0.172. The summed E-state index contributed by atoms with van der Waals surface area (Å²) in [6.07, 6.45) is 5.00. The van der Waals surface area contributed by atoms with Crippen molar-refractivity contribution in [3.05, 3.63) is 58.4 Å². The largest absolute Gasteiger partial charge is 0.491 e. The van der Waals surface area contributed by atoms with Crippen LogP contribution in [0.1, 0.15) is 35.1 Å². The standard InChI is InChI=1S/C18H19N5O3/c1-26-15-11-19-13(10-14(15)24)18(25)22-8-5-12(6-9-22)17-21-20-16-4-2-3-7-23(16)17/h2-4,7,10-12H,5-6,8-9H2,1H3,(H,19,24). The molecule has 4 rings (SSSR count). The first-order valence-electron chi connectivity index (χ1n) is 8.53. The normalized spacial score (nSPS) is 15.3. The van der Waals surface area contributed by atoms with Crippen LogP contribution in [0.15, 0.2) is 41.5 Å². The number of likely N-dealkylation sites (tertiary alicyclic amines) is 1. The van der Waals surface area contributed by atoms with Crippen molar-refractivity contribution in [3.63, 3.8) is 0 Å². The molecule has 0 bridgehead atoms. The Morgan fingerprint density at radius 3 is 2.81 bits per heavy atom. The van der Waals surface area contributed by atoms with Gasteiger partial charge in [0.05, 0.1) is 7.11 Å². The van der Waals surface area contributed by atoms with Crippen molar-refractivity contribution in [1.29, 1.82) is 0 Å². The molecule has 1 saturated heterocycles. The molecular formula is C18H19N5O3. The molecule has 1 aliphatic heterocycles. The maximum Gasteiger partial charge on any atom is 0.270 e. The molecular weight excluding hydrogens is 334 g/mol. The van der Waals surface area contributed by atoms with Crippen LogP contribution in [0.5, 0.6) is 5.75 Å². The number of fused-ring (bicyclic) bond motifs is 1. The highest BCUT2D eigenvalue weighted by Gasteiger charge is 2.27. The molecule has 0 aliphatic carbocycles. The van der Waals surface area contributed by atoms with Gasteiger partial charge in [-0.25, -0.2) is 0 Å². The quantitative estimate of drug-likeness (QED) is 0.769. The monoisotopic (exact) mass is 353 g/mol. The summed E-state index contributed by atoms with van der Waals surface area (Å²) in [5.41, 5.74) is 0.804. The first kappa shape index (κ1) is 16.3. The van der Waals surface area contributed by atoms with E-state index in [0.29, 0.717) is 13.1 Å². The molecule has 0 radical (unpaired) electrons. The number of carbonyl (C=O) groups excluding carboxylic acids is 1. The van der Waals surface area contributed by atoms with Crippen molar-refractivity contribution in [1.82, 2.24) is 24.5 Å². The number of nitrogens with zero attached hydrogens (tertiary/aromatic N) is 4. The van der Waals surface area contributed by atoms with E-state index in [4.69, 9.17) is 4.74 Å². The van der Waals surface area contributed by atoms with Gasteiger partial charge < -0.3 is 14.6 Å². The molecule has 26 heavy (non-hydrogen) atoms. The zero-order chi connectivity index (χ0) is 18.1. The van der Waals surface area contributed by atoms with Crippen LogP contribution >= 0.6 is 0 Å². The van der Waals surface area contributed by atoms with E-state index in [1.165, 1.54) is 19.4 Å². The van der Waals surface area contributed by atoms with E-state index in [1.54, 1.807) is 4.90 Å². The number of amides is 1. The van der Waals surface area contributed by atoms with Crippen LogP contribution in [0.4, 0.5) is 0 Å². The van der Waals surface area contributed by atoms with E-state index in [0.717, 1.165) is 24.3 Å². The van der Waals surface area contributed by atoms with Crippen LogP contribution in [0.25, 0.3) is 5.65 Å². The Morgan fingerprint density at radius 2 is 2.08 bits per heavy atom. The van der Waals surface area contributed by atoms with E-state index in [9.17, 15) is 9.59 Å². The number of piperidine rings is 1. The van der Waals surface area contributed by atoms with E-state index in [2.05, 4.69) is 15.2 Å². The third-order valence-electron chi connectivity index (χ3n) is 4.81. The Hall–Kier alpha value is -3.16. The van der Waals surface area contributed by atoms with Crippen molar-refractivity contribution in [2.75, 3.05) is 20.2 Å². The van der Waals surface area contributed by atoms with E-state index < -0.39 is 0 Å². The van der Waals surface area contributed by atoms with Crippen LogP contribution in [-0.2, 0) is 0 Å². The Balaban J connectivity index is 1.47. The molecule has 0 aromatic carbocycles. The number of ether oxygens (including phenoxy) is 1. The third kappa shape index (κ3) is 2.83. The van der Waals surface area contributed by atoms with Crippen molar-refractivity contribution in [2.45, 2.75) is 18.8 Å². The van der Waals surface area contributed by atoms with E-state index in [-0.39, 0.29) is 28.7 Å². The molecule has 0 unspecified atom stereocenters. The summed E-state index contributed by atoms with van der Waals surface area (Å²) in [7, 11) is 1.42. The van der Waals surface area contributed by atoms with Crippen LogP contribution in [-0.4, -0.2) is 50.6 Å². The maximum atomic E-state index is 12.6. The van der Waals surface area contributed by atoms with Gasteiger partial charge >= 0.3 is 0 Å². The van der Waals surface area contributed by atoms with Gasteiger partial charge in [-0.15, -0.1) is 10.2 Å². The predicted molar refractivity (Wildman–Crippen MR) is 94.5 cm³/mol. The van der Waals surface area contributed by atoms with Crippen LogP contribution in [0, 0.1) is 0 Å². The second kappa shape index (κ2) is 6.62. The lowest BCUT2D eigenvalue weighted by molar-refractivity contribution is 0.0704. The van der Waals surface area contributed by atoms with Crippen LogP contribution < -0.4 is 10.2 Å². The molecule has 4 heterocycles. The van der Waals surface area contributed by atoms with E-state index in [1.807, 2.05) is 28.8 Å². The summed E-state index contributed by atoms with van der Waals surface area (Å²) in [6.45, 7) is 1.22. The molecule has 0 atom stereocenters. The van der Waals surface area contributed by atoms with Gasteiger partial charge in [-0.3, -0.25) is 14.0 Å². The minimum atomic E-state index is -0.306. The Labute approximate surface area is 149 Å². The number of aromatic amines is 1. The van der Waals surface area contributed by atoms with Crippen molar-refractivity contribution in [3.8, 4) is 5.75 Å². The zero-order valence-corrected chi connectivity index (χ0v) is 14.4. The fourth-order valence-electron chi connectivity index (χ4n) is 3.39. The molecule has 1 N–H and O–H groups in total. The zero-order valence-electron chi connectivity index (χ0n) is 14.4. The maximum absolute atomic E-state index is 12.6. The Morgan fingerprint density at radius 1 is 1.27 bits per heavy atom. The summed E-state index contributed by atoms with van der Waals surface area (Å²) in [5, 5.41) is 8.53. The average Bonchev–Trinajstić information content (AvgIpc) is 3.11. The number of pyridine rings is 2. The number of H-pyrrole nitrogens is 1. The Bertz CT molecular complexity index is 1000. The number of nitrogens with one attached hydrogen (secondary N) is 1. The number of carbonyl (C=O) groups is 1. The lowest BCUT2D eigenvalue weighted by Crippen LogP contribution is -2.39. The number of rotatable bonds is 3. The number of aromatic nitrogens is 4. The molecule has 0 spiro atoms. The summed E-state index contributed by atoms with van der Waals surface area (Å²) in [6, 6.07) is 7.11. The Kier molecular flexibility index (Phi) is 4.16. The molecule has 134 valence electrons. The smallest absolute Gasteiger partial charge is 0.270 e. The average molecular weight is 353 g/mol. The number of hydrogen-bond donors (Lipinski definition) is 1. The molecule has 1 fully saturated rings. The lowest BCUT2D eigenvalue weighted by Gasteiger charge is -2.31. The fourth-order valence-corrected chi connectivity index (χ4v) is 3.39. The molecule has 8 nitrogen and oxygen atoms in total. The van der Waals surface area contributed by atoms with Crippen LogP contribution in [0.2, 0.25) is 0 Å². The van der Waals surface area contributed by atoms with Gasteiger partial charge in [-0.1, -0.05) is 6.07 Å². The number of hydrogen-bond acceptors (Lipinski definition) is 5. The van der Waals surface area contributed by atoms with Crippen molar-refractivity contribution in [2.24, 2.45) is 0 Å². The SMILES string of the molecule is COc1c[nH]c(C(=O)N2CCC(c3nnc4ccccn34)CC2)cc1=O. The minimum Gasteiger partial charge on any atom is -0.491 e. The molecule has 3 aromatic heterocycles. The molecule has 1 aliphatic rings. The second-order valence-corrected chi connectivity index (χ2v) is 6.33. The highest BCUT2D eigenvalue weighted by Crippen LogP contribution is 2.27. The first-order chi connectivity index (χ1) is 12.7. The van der Waals surface area contributed by atoms with Crippen LogP contribution in [0.3, 0.4) is 0 Å². The fraction of sp³-hybridized carbons (Fsp3) is 0.333. The summed E-state index contributed by atoms with van der Waals surface area (Å²) < 4.78 is 6.93. The highest BCUT2D eigenvalue weighted by atomic mass is 16.5. The molecule has 0 saturated carbocycles. The topological polar surface area (TPSA) is 92.6 Å².